The molecule has 0 saturated heterocycles. The molecule has 4 aromatic rings. The van der Waals surface area contributed by atoms with Gasteiger partial charge in [-0.2, -0.15) is 13.9 Å². The van der Waals surface area contributed by atoms with Crippen LogP contribution >= 0.6 is 0 Å². The van der Waals surface area contributed by atoms with Crippen molar-refractivity contribution in [2.45, 2.75) is 70.4 Å². The second kappa shape index (κ2) is 10.5. The normalized spacial score (nSPS) is 19.2. The Morgan fingerprint density at radius 3 is 2.67 bits per heavy atom. The minimum atomic E-state index is -2.75. The summed E-state index contributed by atoms with van der Waals surface area (Å²) >= 11 is 0. The fourth-order valence-corrected chi connectivity index (χ4v) is 5.59. The average molecular weight is 548 g/mol. The van der Waals surface area contributed by atoms with Gasteiger partial charge in [-0.05, 0) is 68.6 Å². The summed E-state index contributed by atoms with van der Waals surface area (Å²) in [5, 5.41) is 3.63. The lowest BCUT2D eigenvalue weighted by Crippen LogP contribution is -2.41. The topological polar surface area (TPSA) is 98.3 Å². The van der Waals surface area contributed by atoms with Crippen LogP contribution < -0.4 is 0 Å². The summed E-state index contributed by atoms with van der Waals surface area (Å²) in [5.74, 6) is 1.82. The van der Waals surface area contributed by atoms with Crippen LogP contribution in [0.2, 0.25) is 0 Å². The van der Waals surface area contributed by atoms with Gasteiger partial charge in [0, 0.05) is 54.9 Å². The molecule has 208 valence electrons. The van der Waals surface area contributed by atoms with E-state index in [2.05, 4.69) is 27.3 Å². The highest BCUT2D eigenvalue weighted by Gasteiger charge is 2.39. The van der Waals surface area contributed by atoms with Gasteiger partial charge in [-0.15, -0.1) is 0 Å². The number of ketones is 1. The molecule has 2 saturated carbocycles. The van der Waals surface area contributed by atoms with Crippen molar-refractivity contribution in [2.24, 2.45) is 5.92 Å². The molecule has 2 aliphatic carbocycles. The van der Waals surface area contributed by atoms with E-state index in [1.54, 1.807) is 0 Å². The largest absolute Gasteiger partial charge is 0.335 e. The Kier molecular flexibility index (Phi) is 6.89. The number of Topliss-reactive ketones (excluding diaryl/α,β-unsaturated/α-hetero) is 1. The molecule has 40 heavy (non-hydrogen) atoms. The Hall–Kier alpha value is -4.02. The molecule has 0 N–H and O–H groups in total. The summed E-state index contributed by atoms with van der Waals surface area (Å²) in [6.45, 7) is 1.11. The molecule has 0 aliphatic heterocycles. The Bertz CT molecular complexity index is 1560. The second-order valence-corrected chi connectivity index (χ2v) is 11.0. The lowest BCUT2D eigenvalue weighted by atomic mass is 10.0. The number of nitrogens with zero attached hydrogens (tertiary/aromatic N) is 7. The summed E-state index contributed by atoms with van der Waals surface area (Å²) in [5.41, 5.74) is 5.56. The lowest BCUT2D eigenvalue weighted by molar-refractivity contribution is -0.130. The van der Waals surface area contributed by atoms with Gasteiger partial charge in [0.15, 0.2) is 5.78 Å². The maximum atomic E-state index is 12.9. The number of pyridine rings is 1. The zero-order valence-corrected chi connectivity index (χ0v) is 22.5. The van der Waals surface area contributed by atoms with Gasteiger partial charge in [0.25, 0.3) is 0 Å². The SMILES string of the molecule is CC(=O)C(Cc1cnn(C(F)F)c1)N(C=O)CC[C@@H]1CC1c1ccc(-c2cnc3nc(C4CC4)cn3c2)nc1C. The molecule has 11 heteroatoms. The molecule has 0 bridgehead atoms. The van der Waals surface area contributed by atoms with E-state index in [1.165, 1.54) is 42.6 Å². The van der Waals surface area contributed by atoms with E-state index in [0.29, 0.717) is 46.7 Å². The van der Waals surface area contributed by atoms with Crippen LogP contribution in [0.1, 0.15) is 73.5 Å². The smallest absolute Gasteiger partial charge is 0.333 e. The monoisotopic (exact) mass is 547 g/mol. The first-order valence-corrected chi connectivity index (χ1v) is 13.7. The zero-order chi connectivity index (χ0) is 28.0. The first-order chi connectivity index (χ1) is 19.3. The van der Waals surface area contributed by atoms with E-state index >= 15 is 0 Å². The standard InChI is InChI=1S/C29H31F2N7O2/c1-17-23(5-6-25(34-17)22-12-32-29-35-26(20-3-4-20)15-37(29)14-22)24-10-21(24)7-8-36(16-39)27(18(2)40)9-19-11-33-38(13-19)28(30)31/h5-6,11-16,20-21,24,27-28H,3-4,7-10H2,1-2H3/t21-,24?,27?/m1/s1. The molecule has 9 nitrogen and oxygen atoms in total. The third-order valence-electron chi connectivity index (χ3n) is 8.12. The van der Waals surface area contributed by atoms with Crippen LogP contribution in [0, 0.1) is 12.8 Å². The lowest BCUT2D eigenvalue weighted by Gasteiger charge is -2.26. The fraction of sp³-hybridized carbons (Fsp3) is 0.448. The minimum Gasteiger partial charge on any atom is -0.335 e. The summed E-state index contributed by atoms with van der Waals surface area (Å²) < 4.78 is 28.3. The third-order valence-corrected chi connectivity index (χ3v) is 8.12. The highest BCUT2D eigenvalue weighted by Crippen LogP contribution is 2.50. The summed E-state index contributed by atoms with van der Waals surface area (Å²) in [6, 6.07) is 3.45. The molecule has 2 aliphatic rings. The van der Waals surface area contributed by atoms with E-state index in [0.717, 1.165) is 35.5 Å². The number of alkyl halides is 2. The van der Waals surface area contributed by atoms with Gasteiger partial charge < -0.3 is 4.90 Å². The van der Waals surface area contributed by atoms with Gasteiger partial charge in [0.1, 0.15) is 0 Å². The Balaban J connectivity index is 1.09. The van der Waals surface area contributed by atoms with Crippen molar-refractivity contribution >= 4 is 18.0 Å². The quantitative estimate of drug-likeness (QED) is 0.238. The number of hydrogen-bond donors (Lipinski definition) is 0. The molecular weight excluding hydrogens is 516 g/mol. The number of fused-ring (bicyclic) bond motifs is 1. The van der Waals surface area contributed by atoms with Gasteiger partial charge >= 0.3 is 6.55 Å². The zero-order valence-electron chi connectivity index (χ0n) is 22.5. The minimum absolute atomic E-state index is 0.154. The Morgan fingerprint density at radius 1 is 1.18 bits per heavy atom. The first kappa shape index (κ1) is 26.2. The van der Waals surface area contributed by atoms with Crippen molar-refractivity contribution in [3.8, 4) is 11.3 Å². The third kappa shape index (κ3) is 5.37. The van der Waals surface area contributed by atoms with E-state index < -0.39 is 12.6 Å². The van der Waals surface area contributed by atoms with Gasteiger partial charge in [-0.25, -0.2) is 14.6 Å². The summed E-state index contributed by atoms with van der Waals surface area (Å²) in [6.07, 6.45) is 13.4. The number of amides is 1. The van der Waals surface area contributed by atoms with E-state index in [-0.39, 0.29) is 12.2 Å². The Labute approximate surface area is 230 Å². The van der Waals surface area contributed by atoms with Crippen molar-refractivity contribution in [3.05, 3.63) is 65.6 Å². The number of carbonyl (C=O) groups is 2. The molecule has 6 rings (SSSR count). The maximum Gasteiger partial charge on any atom is 0.333 e. The van der Waals surface area contributed by atoms with Gasteiger partial charge in [0.2, 0.25) is 12.2 Å². The highest BCUT2D eigenvalue weighted by atomic mass is 19.3. The Morgan fingerprint density at radius 2 is 2.00 bits per heavy atom. The van der Waals surface area contributed by atoms with E-state index in [4.69, 9.17) is 4.98 Å². The van der Waals surface area contributed by atoms with Crippen molar-refractivity contribution < 1.29 is 18.4 Å². The van der Waals surface area contributed by atoms with Crippen molar-refractivity contribution in [2.75, 3.05) is 6.54 Å². The summed E-state index contributed by atoms with van der Waals surface area (Å²) in [4.78, 5) is 39.8. The van der Waals surface area contributed by atoms with Crippen LogP contribution in [-0.4, -0.2) is 58.8 Å². The molecule has 1 amide bonds. The average Bonchev–Trinajstić information content (AvgIpc) is 3.83. The van der Waals surface area contributed by atoms with E-state index in [9.17, 15) is 18.4 Å². The number of hydrogen-bond acceptors (Lipinski definition) is 6. The first-order valence-electron chi connectivity index (χ1n) is 13.7. The molecule has 0 aromatic carbocycles. The van der Waals surface area contributed by atoms with Crippen LogP contribution in [0.5, 0.6) is 0 Å². The highest BCUT2D eigenvalue weighted by molar-refractivity contribution is 5.83. The molecule has 2 fully saturated rings. The van der Waals surface area contributed by atoms with Crippen LogP contribution in [-0.2, 0) is 16.0 Å². The number of halogens is 2. The molecular formula is C29H31F2N7O2. The number of rotatable bonds is 12. The molecule has 0 radical (unpaired) electrons. The predicted molar refractivity (Wildman–Crippen MR) is 143 cm³/mol. The second-order valence-electron chi connectivity index (χ2n) is 11.0. The number of aryl methyl sites for hydroxylation is 1. The van der Waals surface area contributed by atoms with Crippen LogP contribution in [0.4, 0.5) is 8.78 Å². The van der Waals surface area contributed by atoms with Gasteiger partial charge in [0.05, 0.1) is 23.6 Å². The predicted octanol–water partition coefficient (Wildman–Crippen LogP) is 4.72. The molecule has 4 aromatic heterocycles. The van der Waals surface area contributed by atoms with E-state index in [1.807, 2.05) is 29.8 Å². The summed E-state index contributed by atoms with van der Waals surface area (Å²) in [7, 11) is 0. The van der Waals surface area contributed by atoms with Crippen LogP contribution in [0.25, 0.3) is 17.0 Å². The van der Waals surface area contributed by atoms with Crippen molar-refractivity contribution in [1.29, 1.82) is 0 Å². The van der Waals surface area contributed by atoms with Crippen LogP contribution in [0.15, 0.2) is 43.1 Å². The van der Waals surface area contributed by atoms with Crippen molar-refractivity contribution in [3.63, 3.8) is 0 Å². The number of imidazole rings is 1. The molecule has 3 atom stereocenters. The maximum absolute atomic E-state index is 12.9. The van der Waals surface area contributed by atoms with Gasteiger partial charge in [-0.1, -0.05) is 6.07 Å². The van der Waals surface area contributed by atoms with Crippen LogP contribution in [0.3, 0.4) is 0 Å². The molecule has 4 heterocycles. The van der Waals surface area contributed by atoms with Crippen molar-refractivity contribution in [1.82, 2.24) is 34.0 Å². The van der Waals surface area contributed by atoms with Gasteiger partial charge in [-0.3, -0.25) is 19.0 Å². The molecule has 0 spiro atoms. The number of carbonyl (C=O) groups excluding carboxylic acids is 2. The molecule has 2 unspecified atom stereocenters. The fourth-order valence-electron chi connectivity index (χ4n) is 5.59. The number of aromatic nitrogens is 6.